The van der Waals surface area contributed by atoms with Crippen molar-refractivity contribution in [1.82, 2.24) is 0 Å². The number of hydrogen-bond acceptors (Lipinski definition) is 1. The van der Waals surface area contributed by atoms with Gasteiger partial charge in [0.25, 0.3) is 0 Å². The third kappa shape index (κ3) is 1.30. The van der Waals surface area contributed by atoms with E-state index in [0.29, 0.717) is 5.03 Å². The minimum Gasteiger partial charge on any atom is -0.470 e. The van der Waals surface area contributed by atoms with E-state index in [9.17, 15) is 0 Å². The van der Waals surface area contributed by atoms with E-state index < -0.39 is 5.56 Å². The molecule has 0 amide bonds. The summed E-state index contributed by atoms with van der Waals surface area (Å²) in [4.78, 5) is 0. The highest BCUT2D eigenvalue weighted by molar-refractivity contribution is 6.49. The summed E-state index contributed by atoms with van der Waals surface area (Å²) in [6.45, 7) is 0. The average Bonchev–Trinajstić information content (AvgIpc) is 2.04. The van der Waals surface area contributed by atoms with Crippen LogP contribution in [0.4, 0.5) is 0 Å². The molecule has 1 aromatic rings. The van der Waals surface area contributed by atoms with Gasteiger partial charge in [-0.3, -0.25) is 0 Å². The van der Waals surface area contributed by atoms with Crippen LogP contribution < -0.4 is 4.74 Å². The van der Waals surface area contributed by atoms with Gasteiger partial charge in [0.05, 0.1) is 5.03 Å². The molecule has 62 valence electrons. The van der Waals surface area contributed by atoms with E-state index >= 15 is 0 Å². The summed E-state index contributed by atoms with van der Waals surface area (Å²) in [5.74, 6) is 0.741. The van der Waals surface area contributed by atoms with E-state index in [0.717, 1.165) is 11.3 Å². The van der Waals surface area contributed by atoms with Gasteiger partial charge in [0.15, 0.2) is 5.56 Å². The molecule has 3 heteroatoms. The first-order valence-electron chi connectivity index (χ1n) is 3.55. The minimum absolute atomic E-state index is 0.451. The predicted molar refractivity (Wildman–Crippen MR) is 50.5 cm³/mol. The first kappa shape index (κ1) is 7.96. The lowest BCUT2D eigenvalue weighted by Gasteiger charge is -2.18. The Labute approximate surface area is 80.6 Å². The van der Waals surface area contributed by atoms with Crippen molar-refractivity contribution in [3.63, 3.8) is 0 Å². The molecule has 0 N–H and O–H groups in total. The van der Waals surface area contributed by atoms with Gasteiger partial charge in [-0.05, 0) is 18.2 Å². The molecule has 2 rings (SSSR count). The van der Waals surface area contributed by atoms with E-state index in [1.165, 1.54) is 0 Å². The van der Waals surface area contributed by atoms with E-state index in [-0.39, 0.29) is 0 Å². The summed E-state index contributed by atoms with van der Waals surface area (Å²) in [5.41, 5.74) is 0.448. The number of benzene rings is 1. The fourth-order valence-electron chi connectivity index (χ4n) is 1.13. The number of fused-ring (bicyclic) bond motifs is 1. The molecule has 1 unspecified atom stereocenters. The van der Waals surface area contributed by atoms with E-state index in [2.05, 4.69) is 0 Å². The van der Waals surface area contributed by atoms with Crippen molar-refractivity contribution < 1.29 is 4.74 Å². The standard InChI is InChI=1S/C9H6Cl2O/c10-7-5-9(11)12-8-4-2-1-3-6(7)8/h1-5,9H. The van der Waals surface area contributed by atoms with Crippen LogP contribution in [0.1, 0.15) is 5.56 Å². The Bertz CT molecular complexity index is 333. The van der Waals surface area contributed by atoms with Crippen LogP contribution in [0.25, 0.3) is 5.03 Å². The third-order valence-electron chi connectivity index (χ3n) is 1.66. The third-order valence-corrected chi connectivity index (χ3v) is 2.21. The zero-order valence-electron chi connectivity index (χ0n) is 6.13. The highest BCUT2D eigenvalue weighted by Crippen LogP contribution is 2.34. The first-order chi connectivity index (χ1) is 5.77. The Morgan fingerprint density at radius 2 is 2.00 bits per heavy atom. The van der Waals surface area contributed by atoms with Gasteiger partial charge >= 0.3 is 0 Å². The molecule has 12 heavy (non-hydrogen) atoms. The lowest BCUT2D eigenvalue weighted by Crippen LogP contribution is -2.10. The quantitative estimate of drug-likeness (QED) is 0.585. The molecule has 1 aliphatic heterocycles. The second kappa shape index (κ2) is 3.00. The van der Waals surface area contributed by atoms with E-state index in [1.54, 1.807) is 6.08 Å². The summed E-state index contributed by atoms with van der Waals surface area (Å²) in [6.07, 6.45) is 1.67. The van der Waals surface area contributed by atoms with Crippen molar-refractivity contribution in [2.75, 3.05) is 0 Å². The number of alkyl halides is 1. The van der Waals surface area contributed by atoms with Crippen LogP contribution in [0.3, 0.4) is 0 Å². The first-order valence-corrected chi connectivity index (χ1v) is 4.36. The second-order valence-electron chi connectivity index (χ2n) is 2.48. The van der Waals surface area contributed by atoms with Crippen molar-refractivity contribution in [3.05, 3.63) is 35.9 Å². The number of halogens is 2. The molecular formula is C9H6Cl2O. The maximum Gasteiger partial charge on any atom is 0.192 e. The molecule has 0 aliphatic carbocycles. The summed E-state index contributed by atoms with van der Waals surface area (Å²) in [5, 5.41) is 0.650. The Kier molecular flexibility index (Phi) is 1.99. The van der Waals surface area contributed by atoms with Crippen LogP contribution in [0.15, 0.2) is 30.3 Å². The smallest absolute Gasteiger partial charge is 0.192 e. The van der Waals surface area contributed by atoms with Gasteiger partial charge in [-0.15, -0.1) is 0 Å². The average molecular weight is 201 g/mol. The largest absolute Gasteiger partial charge is 0.470 e. The van der Waals surface area contributed by atoms with E-state index in [4.69, 9.17) is 27.9 Å². The minimum atomic E-state index is -0.451. The Hall–Kier alpha value is -0.660. The number of hydrogen-bond donors (Lipinski definition) is 0. The van der Waals surface area contributed by atoms with Crippen LogP contribution in [-0.4, -0.2) is 5.56 Å². The number of rotatable bonds is 0. The Morgan fingerprint density at radius 3 is 2.83 bits per heavy atom. The van der Waals surface area contributed by atoms with Crippen molar-refractivity contribution in [3.8, 4) is 5.75 Å². The van der Waals surface area contributed by atoms with Gasteiger partial charge in [-0.25, -0.2) is 0 Å². The van der Waals surface area contributed by atoms with Crippen molar-refractivity contribution in [2.45, 2.75) is 5.56 Å². The summed E-state index contributed by atoms with van der Waals surface area (Å²) in [6, 6.07) is 7.54. The van der Waals surface area contributed by atoms with Gasteiger partial charge in [0.2, 0.25) is 0 Å². The molecule has 0 bridgehead atoms. The highest BCUT2D eigenvalue weighted by Gasteiger charge is 2.16. The monoisotopic (exact) mass is 200 g/mol. The normalized spacial score (nSPS) is 20.8. The molecule has 0 saturated heterocycles. The van der Waals surface area contributed by atoms with Crippen LogP contribution in [-0.2, 0) is 0 Å². The van der Waals surface area contributed by atoms with Gasteiger partial charge in [-0.2, -0.15) is 0 Å². The van der Waals surface area contributed by atoms with Crippen molar-refractivity contribution in [1.29, 1.82) is 0 Å². The Balaban J connectivity index is 2.53. The number of ether oxygens (including phenoxy) is 1. The SMILES string of the molecule is ClC1=CC(Cl)Oc2ccccc21. The lowest BCUT2D eigenvalue weighted by atomic mass is 10.1. The molecule has 0 aromatic heterocycles. The molecule has 0 saturated carbocycles. The zero-order valence-corrected chi connectivity index (χ0v) is 7.64. The summed E-state index contributed by atoms with van der Waals surface area (Å²) >= 11 is 11.7. The molecule has 1 atom stereocenters. The summed E-state index contributed by atoms with van der Waals surface area (Å²) < 4.78 is 5.31. The second-order valence-corrected chi connectivity index (χ2v) is 3.32. The maximum atomic E-state index is 5.94. The molecule has 1 aliphatic rings. The molecule has 0 fully saturated rings. The topological polar surface area (TPSA) is 9.23 Å². The lowest BCUT2D eigenvalue weighted by molar-refractivity contribution is 0.321. The van der Waals surface area contributed by atoms with Gasteiger partial charge in [0.1, 0.15) is 5.75 Å². The van der Waals surface area contributed by atoms with E-state index in [1.807, 2.05) is 24.3 Å². The molecule has 1 heterocycles. The fraction of sp³-hybridized carbons (Fsp3) is 0.111. The van der Waals surface area contributed by atoms with Crippen LogP contribution in [0, 0.1) is 0 Å². The predicted octanol–water partition coefficient (Wildman–Crippen LogP) is 3.22. The molecule has 1 aromatic carbocycles. The maximum absolute atomic E-state index is 5.94. The van der Waals surface area contributed by atoms with Crippen molar-refractivity contribution >= 4 is 28.2 Å². The number of para-hydroxylation sites is 1. The van der Waals surface area contributed by atoms with Crippen LogP contribution in [0.2, 0.25) is 0 Å². The van der Waals surface area contributed by atoms with Crippen molar-refractivity contribution in [2.24, 2.45) is 0 Å². The zero-order chi connectivity index (χ0) is 8.55. The molecule has 0 radical (unpaired) electrons. The fourth-order valence-corrected chi connectivity index (χ4v) is 1.68. The Morgan fingerprint density at radius 1 is 1.25 bits per heavy atom. The molecular weight excluding hydrogens is 195 g/mol. The van der Waals surface area contributed by atoms with Gasteiger partial charge in [0, 0.05) is 5.56 Å². The van der Waals surface area contributed by atoms with Crippen LogP contribution in [0.5, 0.6) is 5.75 Å². The molecule has 1 nitrogen and oxygen atoms in total. The molecule has 0 spiro atoms. The summed E-state index contributed by atoms with van der Waals surface area (Å²) in [7, 11) is 0. The van der Waals surface area contributed by atoms with Gasteiger partial charge < -0.3 is 4.74 Å². The van der Waals surface area contributed by atoms with Crippen LogP contribution >= 0.6 is 23.2 Å². The van der Waals surface area contributed by atoms with Gasteiger partial charge in [-0.1, -0.05) is 35.3 Å². The highest BCUT2D eigenvalue weighted by atomic mass is 35.5.